The number of hydrazine groups is 2. The predicted molar refractivity (Wildman–Crippen MR) is 72.4 cm³/mol. The number of nitrogens with one attached hydrogen (secondary N) is 4. The minimum atomic E-state index is -3.70. The number of sulfonamides is 1. The molecule has 110 valence electrons. The molecular formula is C11H17N5O3S. The van der Waals surface area contributed by atoms with Crippen molar-refractivity contribution in [3.8, 4) is 0 Å². The summed E-state index contributed by atoms with van der Waals surface area (Å²) in [5, 5.41) is 7.86. The highest BCUT2D eigenvalue weighted by molar-refractivity contribution is 7.89. The summed E-state index contributed by atoms with van der Waals surface area (Å²) in [4.78, 5) is 11.9. The van der Waals surface area contributed by atoms with Crippen molar-refractivity contribution in [3.63, 3.8) is 0 Å². The molecule has 0 radical (unpaired) electrons. The SMILES string of the molecule is CC(NC(=O)C1CNNN1)c1ccc(S(N)(=O)=O)cc1. The molecule has 1 saturated heterocycles. The second-order valence-corrected chi connectivity index (χ2v) is 6.11. The zero-order chi connectivity index (χ0) is 14.8. The van der Waals surface area contributed by atoms with Gasteiger partial charge in [-0.25, -0.2) is 24.4 Å². The standard InChI is InChI=1S/C11H17N5O3S/c1-7(14-11(17)10-6-13-16-15-10)8-2-4-9(5-3-8)20(12,18)19/h2-5,7,10,13,15-16H,6H2,1H3,(H,14,17)(H2,12,18,19). The Morgan fingerprint density at radius 3 is 2.55 bits per heavy atom. The zero-order valence-corrected chi connectivity index (χ0v) is 11.7. The summed E-state index contributed by atoms with van der Waals surface area (Å²) in [7, 11) is -3.70. The number of carbonyl (C=O) groups excluding carboxylic acids is 1. The van der Waals surface area contributed by atoms with Gasteiger partial charge in [-0.3, -0.25) is 4.79 Å². The number of nitrogens with two attached hydrogens (primary N) is 1. The molecule has 1 aliphatic rings. The van der Waals surface area contributed by atoms with Crippen molar-refractivity contribution in [1.29, 1.82) is 0 Å². The van der Waals surface area contributed by atoms with Crippen LogP contribution in [0.1, 0.15) is 18.5 Å². The van der Waals surface area contributed by atoms with E-state index in [4.69, 9.17) is 5.14 Å². The van der Waals surface area contributed by atoms with E-state index in [1.54, 1.807) is 12.1 Å². The van der Waals surface area contributed by atoms with Crippen LogP contribution < -0.4 is 26.8 Å². The Morgan fingerprint density at radius 1 is 1.40 bits per heavy atom. The van der Waals surface area contributed by atoms with E-state index in [0.717, 1.165) is 5.56 Å². The Hall–Kier alpha value is -1.52. The van der Waals surface area contributed by atoms with Crippen LogP contribution in [-0.2, 0) is 14.8 Å². The van der Waals surface area contributed by atoms with Crippen molar-refractivity contribution >= 4 is 15.9 Å². The molecule has 0 saturated carbocycles. The highest BCUT2D eigenvalue weighted by Gasteiger charge is 2.23. The first kappa shape index (κ1) is 14.9. The minimum Gasteiger partial charge on any atom is -0.348 e. The second kappa shape index (κ2) is 5.85. The van der Waals surface area contributed by atoms with Gasteiger partial charge in [0.25, 0.3) is 0 Å². The first-order chi connectivity index (χ1) is 9.38. The third-order valence-electron chi connectivity index (χ3n) is 3.02. The molecule has 1 aromatic carbocycles. The van der Waals surface area contributed by atoms with Crippen molar-refractivity contribution in [2.45, 2.75) is 23.9 Å². The molecule has 0 aromatic heterocycles. The molecule has 1 aromatic rings. The molecule has 1 amide bonds. The molecule has 0 bridgehead atoms. The fraction of sp³-hybridized carbons (Fsp3) is 0.364. The van der Waals surface area contributed by atoms with Crippen LogP contribution in [-0.4, -0.2) is 26.9 Å². The highest BCUT2D eigenvalue weighted by Crippen LogP contribution is 2.15. The van der Waals surface area contributed by atoms with Gasteiger partial charge in [0.15, 0.2) is 0 Å². The third-order valence-corrected chi connectivity index (χ3v) is 3.95. The molecule has 2 rings (SSSR count). The lowest BCUT2D eigenvalue weighted by Crippen LogP contribution is -2.45. The lowest BCUT2D eigenvalue weighted by Gasteiger charge is -2.17. The van der Waals surface area contributed by atoms with E-state index in [-0.39, 0.29) is 22.9 Å². The molecular weight excluding hydrogens is 282 g/mol. The van der Waals surface area contributed by atoms with E-state index in [9.17, 15) is 13.2 Å². The molecule has 2 unspecified atom stereocenters. The van der Waals surface area contributed by atoms with E-state index in [1.165, 1.54) is 12.1 Å². The quantitative estimate of drug-likeness (QED) is 0.460. The van der Waals surface area contributed by atoms with E-state index < -0.39 is 10.0 Å². The molecule has 6 N–H and O–H groups in total. The number of primary sulfonamides is 1. The average molecular weight is 299 g/mol. The number of benzene rings is 1. The maximum absolute atomic E-state index is 11.9. The summed E-state index contributed by atoms with van der Waals surface area (Å²) in [5.74, 6) is -0.148. The average Bonchev–Trinajstić information content (AvgIpc) is 2.91. The largest absolute Gasteiger partial charge is 0.348 e. The highest BCUT2D eigenvalue weighted by atomic mass is 32.2. The van der Waals surface area contributed by atoms with Gasteiger partial charge in [0, 0.05) is 6.54 Å². The van der Waals surface area contributed by atoms with E-state index in [2.05, 4.69) is 21.7 Å². The third kappa shape index (κ3) is 3.52. The van der Waals surface area contributed by atoms with Crippen molar-refractivity contribution in [3.05, 3.63) is 29.8 Å². The Balaban J connectivity index is 2.02. The van der Waals surface area contributed by atoms with Crippen LogP contribution in [0.25, 0.3) is 0 Å². The van der Waals surface area contributed by atoms with Crippen LogP contribution in [0.2, 0.25) is 0 Å². The molecule has 2 atom stereocenters. The molecule has 0 aliphatic carbocycles. The predicted octanol–water partition coefficient (Wildman–Crippen LogP) is -1.51. The lowest BCUT2D eigenvalue weighted by molar-refractivity contribution is -0.123. The maximum Gasteiger partial charge on any atom is 0.240 e. The zero-order valence-electron chi connectivity index (χ0n) is 10.9. The summed E-state index contributed by atoms with van der Waals surface area (Å²) in [6, 6.07) is 5.52. The van der Waals surface area contributed by atoms with Gasteiger partial charge >= 0.3 is 0 Å². The Morgan fingerprint density at radius 2 is 2.05 bits per heavy atom. The molecule has 20 heavy (non-hydrogen) atoms. The van der Waals surface area contributed by atoms with Crippen molar-refractivity contribution in [2.24, 2.45) is 5.14 Å². The summed E-state index contributed by atoms with van der Waals surface area (Å²) in [5.41, 5.74) is 9.01. The van der Waals surface area contributed by atoms with Crippen LogP contribution in [0.5, 0.6) is 0 Å². The normalized spacial score (nSPS) is 20.6. The van der Waals surface area contributed by atoms with Gasteiger partial charge in [0.05, 0.1) is 10.9 Å². The number of rotatable bonds is 4. The van der Waals surface area contributed by atoms with Gasteiger partial charge in [-0.15, -0.1) is 0 Å². The van der Waals surface area contributed by atoms with E-state index >= 15 is 0 Å². The molecule has 0 spiro atoms. The summed E-state index contributed by atoms with van der Waals surface area (Å²) < 4.78 is 22.3. The van der Waals surface area contributed by atoms with E-state index in [1.807, 2.05) is 6.92 Å². The van der Waals surface area contributed by atoms with Crippen LogP contribution in [0.15, 0.2) is 29.2 Å². The van der Waals surface area contributed by atoms with Gasteiger partial charge in [0.2, 0.25) is 15.9 Å². The first-order valence-electron chi connectivity index (χ1n) is 6.04. The smallest absolute Gasteiger partial charge is 0.240 e. The minimum absolute atomic E-state index is 0.0469. The monoisotopic (exact) mass is 299 g/mol. The Labute approximate surface area is 117 Å². The van der Waals surface area contributed by atoms with Gasteiger partial charge < -0.3 is 5.32 Å². The van der Waals surface area contributed by atoms with Crippen LogP contribution in [0, 0.1) is 0 Å². The van der Waals surface area contributed by atoms with Crippen molar-refractivity contribution in [2.75, 3.05) is 6.54 Å². The Kier molecular flexibility index (Phi) is 4.35. The fourth-order valence-electron chi connectivity index (χ4n) is 1.84. The molecule has 1 fully saturated rings. The number of carbonyl (C=O) groups is 1. The first-order valence-corrected chi connectivity index (χ1v) is 7.59. The number of hydrogen-bond donors (Lipinski definition) is 5. The van der Waals surface area contributed by atoms with Gasteiger partial charge in [-0.2, -0.15) is 5.53 Å². The van der Waals surface area contributed by atoms with Crippen LogP contribution >= 0.6 is 0 Å². The summed E-state index contributed by atoms with van der Waals surface area (Å²) in [6.07, 6.45) is 0. The molecule has 8 nitrogen and oxygen atoms in total. The Bertz CT molecular complexity index is 581. The topological polar surface area (TPSA) is 125 Å². The molecule has 1 aliphatic heterocycles. The van der Waals surface area contributed by atoms with Gasteiger partial charge in [-0.1, -0.05) is 12.1 Å². The summed E-state index contributed by atoms with van der Waals surface area (Å²) in [6.45, 7) is 2.31. The second-order valence-electron chi connectivity index (χ2n) is 4.55. The fourth-order valence-corrected chi connectivity index (χ4v) is 2.36. The molecule has 9 heteroatoms. The summed E-state index contributed by atoms with van der Waals surface area (Å²) >= 11 is 0. The van der Waals surface area contributed by atoms with Crippen LogP contribution in [0.3, 0.4) is 0 Å². The van der Waals surface area contributed by atoms with Gasteiger partial charge in [0.1, 0.15) is 6.04 Å². The number of hydrogen-bond acceptors (Lipinski definition) is 6. The molecule has 1 heterocycles. The van der Waals surface area contributed by atoms with Crippen molar-refractivity contribution in [1.82, 2.24) is 21.7 Å². The van der Waals surface area contributed by atoms with Gasteiger partial charge in [-0.05, 0) is 24.6 Å². The number of amides is 1. The van der Waals surface area contributed by atoms with Crippen molar-refractivity contribution < 1.29 is 13.2 Å². The van der Waals surface area contributed by atoms with Crippen LogP contribution in [0.4, 0.5) is 0 Å². The lowest BCUT2D eigenvalue weighted by atomic mass is 10.1. The van der Waals surface area contributed by atoms with E-state index in [0.29, 0.717) is 6.54 Å². The maximum atomic E-state index is 11.9.